The van der Waals surface area contributed by atoms with Crippen LogP contribution in [0.15, 0.2) is 0 Å². The molecule has 4 rings (SSSR count). The minimum absolute atomic E-state index is 0.237. The van der Waals surface area contributed by atoms with Crippen LogP contribution in [0, 0.1) is 0 Å². The van der Waals surface area contributed by atoms with Gasteiger partial charge in [-0.3, -0.25) is 4.79 Å². The number of fused-ring (bicyclic) bond motifs is 3. The molecule has 6 nitrogen and oxygen atoms in total. The molecule has 0 aromatic rings. The van der Waals surface area contributed by atoms with E-state index in [9.17, 15) is 4.79 Å². The minimum Gasteiger partial charge on any atom is -0.428 e. The van der Waals surface area contributed by atoms with E-state index in [1.54, 1.807) is 0 Å². The van der Waals surface area contributed by atoms with Gasteiger partial charge >= 0.3 is 5.97 Å². The van der Waals surface area contributed by atoms with Crippen molar-refractivity contribution in [3.8, 4) is 0 Å². The Kier molecular flexibility index (Phi) is 2.59. The molecule has 2 bridgehead atoms. The second kappa shape index (κ2) is 3.96. The summed E-state index contributed by atoms with van der Waals surface area (Å²) in [7, 11) is 0. The van der Waals surface area contributed by atoms with Crippen molar-refractivity contribution in [3.05, 3.63) is 0 Å². The molecule has 90 valence electrons. The summed E-state index contributed by atoms with van der Waals surface area (Å²) in [4.78, 5) is 21.5. The first-order valence-electron chi connectivity index (χ1n) is 5.55. The summed E-state index contributed by atoms with van der Waals surface area (Å²) in [5.74, 6) is -1.31. The van der Waals surface area contributed by atoms with Crippen LogP contribution in [0.4, 0.5) is 0 Å². The molecule has 4 saturated heterocycles. The van der Waals surface area contributed by atoms with E-state index in [1.807, 2.05) is 0 Å². The second-order valence-electron chi connectivity index (χ2n) is 4.34. The molecule has 4 fully saturated rings. The van der Waals surface area contributed by atoms with Gasteiger partial charge in [-0.1, -0.05) is 0 Å². The van der Waals surface area contributed by atoms with Crippen LogP contribution in [-0.4, -0.2) is 37.4 Å². The highest BCUT2D eigenvalue weighted by molar-refractivity contribution is 5.69. The number of epoxide rings is 1. The SMILES string of the molecule is O=C(CCC1CO1)OC12CCC(OC1)OO2. The number of carbonyl (C=O) groups excluding carboxylic acids is 1. The van der Waals surface area contributed by atoms with E-state index in [4.69, 9.17) is 24.0 Å². The van der Waals surface area contributed by atoms with Crippen LogP contribution in [0.1, 0.15) is 25.7 Å². The molecular weight excluding hydrogens is 216 g/mol. The number of hydrogen-bond donors (Lipinski definition) is 0. The monoisotopic (exact) mass is 230 g/mol. The Balaban J connectivity index is 1.49. The summed E-state index contributed by atoms with van der Waals surface area (Å²) in [6, 6.07) is 0. The third-order valence-electron chi connectivity index (χ3n) is 2.93. The molecule has 0 aromatic carbocycles. The molecule has 4 heterocycles. The van der Waals surface area contributed by atoms with E-state index in [1.165, 1.54) is 0 Å². The highest BCUT2D eigenvalue weighted by atomic mass is 17.3. The van der Waals surface area contributed by atoms with Gasteiger partial charge in [0.15, 0.2) is 6.29 Å². The first-order valence-corrected chi connectivity index (χ1v) is 5.55. The lowest BCUT2D eigenvalue weighted by Gasteiger charge is -2.42. The molecule has 0 spiro atoms. The van der Waals surface area contributed by atoms with Gasteiger partial charge in [0.1, 0.15) is 6.61 Å². The standard InChI is InChI=1S/C10H14O6/c11-8(2-1-7-5-12-7)14-10-4-3-9(13-6-10)15-16-10/h7,9H,1-6H2. The van der Waals surface area contributed by atoms with Crippen molar-refractivity contribution in [2.45, 2.75) is 43.9 Å². The highest BCUT2D eigenvalue weighted by Gasteiger charge is 2.48. The second-order valence-corrected chi connectivity index (χ2v) is 4.34. The first-order chi connectivity index (χ1) is 7.76. The lowest BCUT2D eigenvalue weighted by Crippen LogP contribution is -2.53. The Bertz CT molecular complexity index is 265. The van der Waals surface area contributed by atoms with Crippen molar-refractivity contribution in [2.24, 2.45) is 0 Å². The molecule has 3 unspecified atom stereocenters. The smallest absolute Gasteiger partial charge is 0.308 e. The van der Waals surface area contributed by atoms with Crippen LogP contribution in [-0.2, 0) is 28.8 Å². The van der Waals surface area contributed by atoms with Gasteiger partial charge in [0, 0.05) is 19.3 Å². The zero-order valence-corrected chi connectivity index (χ0v) is 8.85. The summed E-state index contributed by atoms with van der Waals surface area (Å²) in [6.45, 7) is 1.01. The fourth-order valence-electron chi connectivity index (χ4n) is 1.87. The van der Waals surface area contributed by atoms with E-state index in [-0.39, 0.29) is 25.0 Å². The molecule has 4 aliphatic heterocycles. The quantitative estimate of drug-likeness (QED) is 0.398. The van der Waals surface area contributed by atoms with Gasteiger partial charge in [-0.25, -0.2) is 4.89 Å². The molecule has 0 N–H and O–H groups in total. The summed E-state index contributed by atoms with van der Waals surface area (Å²) in [5, 5.41) is 0. The van der Waals surface area contributed by atoms with Gasteiger partial charge < -0.3 is 14.2 Å². The van der Waals surface area contributed by atoms with Gasteiger partial charge in [-0.15, -0.1) is 0 Å². The van der Waals surface area contributed by atoms with Crippen LogP contribution in [0.25, 0.3) is 0 Å². The van der Waals surface area contributed by atoms with Crippen LogP contribution < -0.4 is 0 Å². The average molecular weight is 230 g/mol. The molecule has 3 atom stereocenters. The van der Waals surface area contributed by atoms with Gasteiger partial charge in [-0.2, -0.15) is 4.89 Å². The third kappa shape index (κ3) is 2.20. The third-order valence-corrected chi connectivity index (χ3v) is 2.93. The van der Waals surface area contributed by atoms with Crippen molar-refractivity contribution in [2.75, 3.05) is 13.2 Å². The fourth-order valence-corrected chi connectivity index (χ4v) is 1.87. The molecule has 0 radical (unpaired) electrons. The maximum absolute atomic E-state index is 11.6. The van der Waals surface area contributed by atoms with Gasteiger partial charge in [0.05, 0.1) is 12.7 Å². The summed E-state index contributed by atoms with van der Waals surface area (Å²) in [5.41, 5.74) is 0. The lowest BCUT2D eigenvalue weighted by atomic mass is 10.1. The maximum Gasteiger partial charge on any atom is 0.308 e. The van der Waals surface area contributed by atoms with Crippen LogP contribution in [0.5, 0.6) is 0 Å². The Morgan fingerprint density at radius 1 is 1.44 bits per heavy atom. The number of ether oxygens (including phenoxy) is 3. The van der Waals surface area contributed by atoms with Crippen LogP contribution in [0.3, 0.4) is 0 Å². The first kappa shape index (κ1) is 10.5. The predicted molar refractivity (Wildman–Crippen MR) is 48.9 cm³/mol. The average Bonchev–Trinajstić information content (AvgIpc) is 3.12. The van der Waals surface area contributed by atoms with Crippen molar-refractivity contribution in [3.63, 3.8) is 0 Å². The van der Waals surface area contributed by atoms with Gasteiger partial charge in [0.2, 0.25) is 0 Å². The molecule has 4 aliphatic rings. The van der Waals surface area contributed by atoms with Crippen molar-refractivity contribution >= 4 is 5.97 Å². The van der Waals surface area contributed by atoms with Crippen molar-refractivity contribution in [1.82, 2.24) is 0 Å². The highest BCUT2D eigenvalue weighted by Crippen LogP contribution is 2.35. The summed E-state index contributed by atoms with van der Waals surface area (Å²) < 4.78 is 15.6. The normalized spacial score (nSPS) is 40.8. The van der Waals surface area contributed by atoms with E-state index in [0.717, 1.165) is 6.61 Å². The molecule has 0 amide bonds. The molecule has 0 saturated carbocycles. The molecule has 0 aromatic heterocycles. The number of esters is 1. The zero-order valence-electron chi connectivity index (χ0n) is 8.85. The Morgan fingerprint density at radius 3 is 2.88 bits per heavy atom. The molecular formula is C10H14O6. The topological polar surface area (TPSA) is 66.5 Å². The number of carbonyl (C=O) groups is 1. The Morgan fingerprint density at radius 2 is 2.31 bits per heavy atom. The summed E-state index contributed by atoms with van der Waals surface area (Å²) >= 11 is 0. The lowest BCUT2D eigenvalue weighted by molar-refractivity contribution is -0.536. The minimum atomic E-state index is -1.02. The predicted octanol–water partition coefficient (Wildman–Crippen LogP) is 0.503. The largest absolute Gasteiger partial charge is 0.428 e. The fraction of sp³-hybridized carbons (Fsp3) is 0.900. The zero-order chi connectivity index (χ0) is 11.0. The number of hydrogen-bond acceptors (Lipinski definition) is 6. The molecule has 6 heteroatoms. The van der Waals surface area contributed by atoms with Gasteiger partial charge in [0.25, 0.3) is 5.79 Å². The maximum atomic E-state index is 11.6. The van der Waals surface area contributed by atoms with Gasteiger partial charge in [-0.05, 0) is 6.42 Å². The van der Waals surface area contributed by atoms with E-state index in [0.29, 0.717) is 25.7 Å². The van der Waals surface area contributed by atoms with E-state index >= 15 is 0 Å². The molecule has 0 aliphatic carbocycles. The van der Waals surface area contributed by atoms with Crippen LogP contribution in [0.2, 0.25) is 0 Å². The van der Waals surface area contributed by atoms with Crippen LogP contribution >= 0.6 is 0 Å². The van der Waals surface area contributed by atoms with E-state index < -0.39 is 5.79 Å². The Hall–Kier alpha value is -0.690. The molecule has 16 heavy (non-hydrogen) atoms. The van der Waals surface area contributed by atoms with Crippen molar-refractivity contribution < 1.29 is 28.8 Å². The summed E-state index contributed by atoms with van der Waals surface area (Å²) in [6.07, 6.45) is 2.31. The van der Waals surface area contributed by atoms with E-state index in [2.05, 4.69) is 0 Å². The number of rotatable bonds is 4. The Labute approximate surface area is 92.7 Å². The van der Waals surface area contributed by atoms with Crippen molar-refractivity contribution in [1.29, 1.82) is 0 Å².